The second kappa shape index (κ2) is 10.2. The normalized spacial score (nSPS) is 10.6. The molecule has 178 valence electrons. The number of rotatable bonds is 7. The van der Waals surface area contributed by atoms with Crippen LogP contribution in [0.2, 0.25) is 0 Å². The topological polar surface area (TPSA) is 79.7 Å². The van der Waals surface area contributed by atoms with E-state index in [4.69, 9.17) is 14.2 Å². The molecule has 0 spiro atoms. The quantitative estimate of drug-likeness (QED) is 0.349. The van der Waals surface area contributed by atoms with E-state index in [0.717, 1.165) is 12.1 Å². The lowest BCUT2D eigenvalue weighted by atomic mass is 10.0. The van der Waals surface area contributed by atoms with E-state index in [0.29, 0.717) is 16.8 Å². The van der Waals surface area contributed by atoms with Crippen molar-refractivity contribution in [1.82, 2.24) is 9.78 Å². The van der Waals surface area contributed by atoms with Gasteiger partial charge in [0.15, 0.2) is 17.3 Å². The Kier molecular flexibility index (Phi) is 6.86. The lowest BCUT2D eigenvalue weighted by Crippen LogP contribution is -2.15. The SMILES string of the molecule is COC(=O)c1c(-c2ccccc2COc2ccc(F)cc2F)nn(-c2ccccc2)c1C(=O)OC. The highest BCUT2D eigenvalue weighted by molar-refractivity contribution is 6.07. The summed E-state index contributed by atoms with van der Waals surface area (Å²) in [5, 5.41) is 4.57. The molecule has 0 saturated heterocycles. The van der Waals surface area contributed by atoms with E-state index in [1.165, 1.54) is 25.0 Å². The van der Waals surface area contributed by atoms with Crippen molar-refractivity contribution in [2.45, 2.75) is 6.61 Å². The third kappa shape index (κ3) is 4.74. The van der Waals surface area contributed by atoms with Gasteiger partial charge in [0.2, 0.25) is 0 Å². The monoisotopic (exact) mass is 478 g/mol. The number of hydrogen-bond acceptors (Lipinski definition) is 6. The molecule has 4 rings (SSSR count). The van der Waals surface area contributed by atoms with Gasteiger partial charge >= 0.3 is 11.9 Å². The Morgan fingerprint density at radius 1 is 0.886 bits per heavy atom. The summed E-state index contributed by atoms with van der Waals surface area (Å²) in [4.78, 5) is 25.6. The largest absolute Gasteiger partial charge is 0.486 e. The van der Waals surface area contributed by atoms with Crippen molar-refractivity contribution < 1.29 is 32.6 Å². The Hall–Kier alpha value is -4.53. The smallest absolute Gasteiger partial charge is 0.357 e. The lowest BCUT2D eigenvalue weighted by molar-refractivity contribution is 0.0549. The predicted molar refractivity (Wildman–Crippen MR) is 122 cm³/mol. The molecule has 0 saturated carbocycles. The number of esters is 2. The number of carbonyl (C=O) groups is 2. The summed E-state index contributed by atoms with van der Waals surface area (Å²) in [5.74, 6) is -3.28. The fourth-order valence-corrected chi connectivity index (χ4v) is 3.57. The van der Waals surface area contributed by atoms with Crippen LogP contribution in [0.25, 0.3) is 16.9 Å². The van der Waals surface area contributed by atoms with Gasteiger partial charge < -0.3 is 14.2 Å². The van der Waals surface area contributed by atoms with E-state index < -0.39 is 23.6 Å². The number of methoxy groups -OCH3 is 2. The van der Waals surface area contributed by atoms with Crippen LogP contribution in [-0.2, 0) is 16.1 Å². The first-order valence-corrected chi connectivity index (χ1v) is 10.5. The predicted octanol–water partition coefficient (Wildman–Crippen LogP) is 4.97. The van der Waals surface area contributed by atoms with Crippen LogP contribution in [0.1, 0.15) is 26.4 Å². The minimum absolute atomic E-state index is 0.0939. The van der Waals surface area contributed by atoms with Crippen LogP contribution >= 0.6 is 0 Å². The Balaban J connectivity index is 1.86. The molecule has 35 heavy (non-hydrogen) atoms. The highest BCUT2D eigenvalue weighted by Crippen LogP contribution is 2.32. The Morgan fingerprint density at radius 3 is 2.26 bits per heavy atom. The molecule has 3 aromatic carbocycles. The van der Waals surface area contributed by atoms with Crippen molar-refractivity contribution in [3.8, 4) is 22.7 Å². The molecule has 0 aliphatic rings. The highest BCUT2D eigenvalue weighted by Gasteiger charge is 2.32. The zero-order valence-corrected chi connectivity index (χ0v) is 18.8. The molecule has 1 heterocycles. The standard InChI is InChI=1S/C26H20F2N2O5/c1-33-25(31)22-23(29-30(24(22)26(32)34-2)18-9-4-3-5-10-18)19-11-7-6-8-16(19)15-35-21-13-12-17(27)14-20(21)28/h3-14H,15H2,1-2H3. The van der Waals surface area contributed by atoms with Crippen LogP contribution in [-0.4, -0.2) is 35.9 Å². The minimum atomic E-state index is -0.848. The number of hydrogen-bond donors (Lipinski definition) is 0. The van der Waals surface area contributed by atoms with Gasteiger partial charge in [-0.2, -0.15) is 5.10 Å². The van der Waals surface area contributed by atoms with Gasteiger partial charge in [0.1, 0.15) is 23.7 Å². The van der Waals surface area contributed by atoms with E-state index in [1.54, 1.807) is 54.6 Å². The fourth-order valence-electron chi connectivity index (χ4n) is 3.57. The average molecular weight is 478 g/mol. The lowest BCUT2D eigenvalue weighted by Gasteiger charge is -2.11. The van der Waals surface area contributed by atoms with E-state index in [9.17, 15) is 18.4 Å². The molecule has 0 aliphatic carbocycles. The molecular formula is C26H20F2N2O5. The molecule has 0 bridgehead atoms. The van der Waals surface area contributed by atoms with Crippen molar-refractivity contribution in [2.24, 2.45) is 0 Å². The zero-order chi connectivity index (χ0) is 24.9. The molecule has 4 aromatic rings. The maximum atomic E-state index is 14.1. The van der Waals surface area contributed by atoms with Gasteiger partial charge in [-0.05, 0) is 29.8 Å². The van der Waals surface area contributed by atoms with E-state index in [-0.39, 0.29) is 29.3 Å². The van der Waals surface area contributed by atoms with Crippen LogP contribution in [0, 0.1) is 11.6 Å². The first-order valence-electron chi connectivity index (χ1n) is 10.5. The fraction of sp³-hybridized carbons (Fsp3) is 0.115. The third-order valence-electron chi connectivity index (χ3n) is 5.20. The van der Waals surface area contributed by atoms with Gasteiger partial charge in [-0.25, -0.2) is 23.1 Å². The summed E-state index contributed by atoms with van der Waals surface area (Å²) in [6.07, 6.45) is 0. The van der Waals surface area contributed by atoms with Crippen LogP contribution in [0.5, 0.6) is 5.75 Å². The number of aromatic nitrogens is 2. The van der Waals surface area contributed by atoms with Gasteiger partial charge in [0.05, 0.1) is 19.9 Å². The second-order valence-corrected chi connectivity index (χ2v) is 7.32. The highest BCUT2D eigenvalue weighted by atomic mass is 19.1. The number of carbonyl (C=O) groups excluding carboxylic acids is 2. The van der Waals surface area contributed by atoms with Gasteiger partial charge in [-0.3, -0.25) is 0 Å². The molecule has 0 fully saturated rings. The van der Waals surface area contributed by atoms with Gasteiger partial charge in [0, 0.05) is 11.6 Å². The molecule has 0 radical (unpaired) electrons. The number of nitrogens with zero attached hydrogens (tertiary/aromatic N) is 2. The Bertz CT molecular complexity index is 1390. The summed E-state index contributed by atoms with van der Waals surface area (Å²) in [7, 11) is 2.39. The number of benzene rings is 3. The summed E-state index contributed by atoms with van der Waals surface area (Å²) in [5.41, 5.74) is 1.46. The molecule has 0 atom stereocenters. The minimum Gasteiger partial charge on any atom is -0.486 e. The van der Waals surface area contributed by atoms with E-state index >= 15 is 0 Å². The summed E-state index contributed by atoms with van der Waals surface area (Å²) in [6, 6.07) is 18.6. The van der Waals surface area contributed by atoms with E-state index in [2.05, 4.69) is 5.10 Å². The second-order valence-electron chi connectivity index (χ2n) is 7.32. The van der Waals surface area contributed by atoms with Crippen molar-refractivity contribution in [1.29, 1.82) is 0 Å². The Morgan fingerprint density at radius 2 is 1.57 bits per heavy atom. The molecule has 7 nitrogen and oxygen atoms in total. The molecule has 9 heteroatoms. The molecule has 0 unspecified atom stereocenters. The Labute approximate surface area is 199 Å². The van der Waals surface area contributed by atoms with Crippen LogP contribution in [0.3, 0.4) is 0 Å². The summed E-state index contributed by atoms with van der Waals surface area (Å²) >= 11 is 0. The first-order chi connectivity index (χ1) is 16.9. The van der Waals surface area contributed by atoms with Gasteiger partial charge in [0.25, 0.3) is 0 Å². The molecule has 0 N–H and O–H groups in total. The van der Waals surface area contributed by atoms with Crippen LogP contribution in [0.4, 0.5) is 8.78 Å². The number of ether oxygens (including phenoxy) is 3. The van der Waals surface area contributed by atoms with E-state index in [1.807, 2.05) is 0 Å². The summed E-state index contributed by atoms with van der Waals surface area (Å²) < 4.78 is 44.1. The third-order valence-corrected chi connectivity index (χ3v) is 5.20. The maximum absolute atomic E-state index is 14.1. The van der Waals surface area contributed by atoms with Gasteiger partial charge in [-0.15, -0.1) is 0 Å². The number of halogens is 2. The van der Waals surface area contributed by atoms with Crippen molar-refractivity contribution in [3.05, 3.63) is 101 Å². The summed E-state index contributed by atoms with van der Waals surface area (Å²) in [6.45, 7) is -0.120. The molecule has 0 aliphatic heterocycles. The molecule has 0 amide bonds. The molecule has 1 aromatic heterocycles. The number of para-hydroxylation sites is 1. The zero-order valence-electron chi connectivity index (χ0n) is 18.8. The van der Waals surface area contributed by atoms with Crippen LogP contribution < -0.4 is 4.74 Å². The molecular weight excluding hydrogens is 458 g/mol. The average Bonchev–Trinajstić information content (AvgIpc) is 3.28. The van der Waals surface area contributed by atoms with Gasteiger partial charge in [-0.1, -0.05) is 42.5 Å². The van der Waals surface area contributed by atoms with Crippen molar-refractivity contribution >= 4 is 11.9 Å². The maximum Gasteiger partial charge on any atom is 0.357 e. The van der Waals surface area contributed by atoms with Crippen molar-refractivity contribution in [3.63, 3.8) is 0 Å². The van der Waals surface area contributed by atoms with Crippen LogP contribution in [0.15, 0.2) is 72.8 Å². The first kappa shape index (κ1) is 23.6. The van der Waals surface area contributed by atoms with Crippen molar-refractivity contribution in [2.75, 3.05) is 14.2 Å².